The minimum absolute atomic E-state index is 0.497. The van der Waals surface area contributed by atoms with Gasteiger partial charge in [0, 0.05) is 0 Å². The van der Waals surface area contributed by atoms with Crippen LogP contribution in [0.15, 0.2) is 0 Å². The van der Waals surface area contributed by atoms with E-state index in [1.54, 1.807) is 0 Å². The van der Waals surface area contributed by atoms with Gasteiger partial charge in [0.05, 0.1) is 12.2 Å². The van der Waals surface area contributed by atoms with Crippen LogP contribution in [0.25, 0.3) is 0 Å². The van der Waals surface area contributed by atoms with Crippen molar-refractivity contribution in [1.29, 1.82) is 0 Å². The third kappa shape index (κ3) is 2.70. The molecule has 0 aromatic carbocycles. The molecule has 0 amide bonds. The maximum absolute atomic E-state index is 5.50. The summed E-state index contributed by atoms with van der Waals surface area (Å²) in [5.74, 6) is 0.895. The second-order valence-electron chi connectivity index (χ2n) is 5.09. The highest BCUT2D eigenvalue weighted by molar-refractivity contribution is 4.94. The lowest BCUT2D eigenvalue weighted by Crippen LogP contribution is -2.25. The summed E-state index contributed by atoms with van der Waals surface area (Å²) in [5, 5.41) is 0. The Balaban J connectivity index is 0.000000396. The molecule has 1 saturated heterocycles. The van der Waals surface area contributed by atoms with Gasteiger partial charge in [-0.25, -0.2) is 0 Å². The zero-order valence-electron chi connectivity index (χ0n) is 9.76. The standard InChI is InChI=1S/C10H18O.C2H6/c1-10(2,3)7-4-5-8-9(6-7)11-8;1-2/h7-9H,4-6H2,1-3H3;1-2H3. The van der Waals surface area contributed by atoms with E-state index in [0.717, 1.165) is 5.92 Å². The zero-order valence-corrected chi connectivity index (χ0v) is 9.76. The van der Waals surface area contributed by atoms with E-state index in [2.05, 4.69) is 20.8 Å². The van der Waals surface area contributed by atoms with Crippen molar-refractivity contribution in [3.63, 3.8) is 0 Å². The van der Waals surface area contributed by atoms with Gasteiger partial charge >= 0.3 is 0 Å². The molecule has 0 aromatic rings. The van der Waals surface area contributed by atoms with Crippen molar-refractivity contribution in [3.05, 3.63) is 0 Å². The van der Waals surface area contributed by atoms with E-state index in [1.165, 1.54) is 19.3 Å². The van der Waals surface area contributed by atoms with E-state index >= 15 is 0 Å². The molecule has 2 fully saturated rings. The topological polar surface area (TPSA) is 12.5 Å². The van der Waals surface area contributed by atoms with Crippen LogP contribution in [0, 0.1) is 11.3 Å². The largest absolute Gasteiger partial charge is 0.370 e. The zero-order chi connectivity index (χ0) is 10.1. The lowest BCUT2D eigenvalue weighted by molar-refractivity contribution is 0.191. The third-order valence-corrected chi connectivity index (χ3v) is 3.23. The van der Waals surface area contributed by atoms with E-state index in [-0.39, 0.29) is 0 Å². The van der Waals surface area contributed by atoms with E-state index in [9.17, 15) is 0 Å². The molecule has 0 spiro atoms. The maximum Gasteiger partial charge on any atom is 0.0844 e. The summed E-state index contributed by atoms with van der Waals surface area (Å²) in [6.45, 7) is 11.0. The van der Waals surface area contributed by atoms with Gasteiger partial charge in [-0.05, 0) is 30.6 Å². The summed E-state index contributed by atoms with van der Waals surface area (Å²) < 4.78 is 5.50. The Labute approximate surface area is 82.9 Å². The van der Waals surface area contributed by atoms with Crippen molar-refractivity contribution in [2.24, 2.45) is 11.3 Å². The molecule has 3 unspecified atom stereocenters. The van der Waals surface area contributed by atoms with E-state index in [4.69, 9.17) is 4.74 Å². The van der Waals surface area contributed by atoms with Crippen molar-refractivity contribution in [3.8, 4) is 0 Å². The normalized spacial score (nSPS) is 37.2. The van der Waals surface area contributed by atoms with Crippen LogP contribution >= 0.6 is 0 Å². The number of fused-ring (bicyclic) bond motifs is 1. The first kappa shape index (κ1) is 11.0. The first-order chi connectivity index (χ1) is 6.07. The molecule has 13 heavy (non-hydrogen) atoms. The molecule has 2 aliphatic rings. The predicted molar refractivity (Wildman–Crippen MR) is 56.8 cm³/mol. The Bertz CT molecular complexity index is 157. The van der Waals surface area contributed by atoms with Crippen molar-refractivity contribution >= 4 is 0 Å². The number of epoxide rings is 1. The Morgan fingerprint density at radius 3 is 2.08 bits per heavy atom. The first-order valence-electron chi connectivity index (χ1n) is 5.73. The molecule has 1 saturated carbocycles. The van der Waals surface area contributed by atoms with Gasteiger partial charge in [-0.15, -0.1) is 0 Å². The Hall–Kier alpha value is -0.0400. The van der Waals surface area contributed by atoms with Crippen LogP contribution in [0.4, 0.5) is 0 Å². The average Bonchev–Trinajstić information content (AvgIpc) is 2.83. The van der Waals surface area contributed by atoms with Gasteiger partial charge in [-0.3, -0.25) is 0 Å². The number of hydrogen-bond acceptors (Lipinski definition) is 1. The van der Waals surface area contributed by atoms with E-state index in [0.29, 0.717) is 17.6 Å². The van der Waals surface area contributed by atoms with Crippen molar-refractivity contribution in [1.82, 2.24) is 0 Å². The molecule has 3 atom stereocenters. The molecule has 0 aromatic heterocycles. The highest BCUT2D eigenvalue weighted by atomic mass is 16.6. The molecule has 1 nitrogen and oxygen atoms in total. The first-order valence-corrected chi connectivity index (χ1v) is 5.73. The van der Waals surface area contributed by atoms with Gasteiger partial charge in [-0.2, -0.15) is 0 Å². The van der Waals surface area contributed by atoms with Crippen molar-refractivity contribution < 1.29 is 4.74 Å². The highest BCUT2D eigenvalue weighted by Gasteiger charge is 2.46. The van der Waals surface area contributed by atoms with Crippen LogP contribution in [0.2, 0.25) is 0 Å². The van der Waals surface area contributed by atoms with Crippen LogP contribution in [-0.4, -0.2) is 12.2 Å². The molecule has 78 valence electrons. The molecule has 1 aliphatic carbocycles. The molecule has 0 bridgehead atoms. The monoisotopic (exact) mass is 184 g/mol. The maximum atomic E-state index is 5.50. The number of hydrogen-bond donors (Lipinski definition) is 0. The Morgan fingerprint density at radius 1 is 1.00 bits per heavy atom. The average molecular weight is 184 g/mol. The van der Waals surface area contributed by atoms with Crippen molar-refractivity contribution in [2.45, 2.75) is 66.1 Å². The van der Waals surface area contributed by atoms with Crippen LogP contribution in [0.3, 0.4) is 0 Å². The quantitative estimate of drug-likeness (QED) is 0.524. The Kier molecular flexibility index (Phi) is 3.39. The fourth-order valence-electron chi connectivity index (χ4n) is 2.19. The second kappa shape index (κ2) is 4.00. The van der Waals surface area contributed by atoms with Crippen LogP contribution in [-0.2, 0) is 4.74 Å². The van der Waals surface area contributed by atoms with Gasteiger partial charge in [0.25, 0.3) is 0 Å². The molecule has 2 rings (SSSR count). The highest BCUT2D eigenvalue weighted by Crippen LogP contribution is 2.45. The van der Waals surface area contributed by atoms with Gasteiger partial charge in [0.15, 0.2) is 0 Å². The summed E-state index contributed by atoms with van der Waals surface area (Å²) in [6, 6.07) is 0. The number of ether oxygens (including phenoxy) is 1. The SMILES string of the molecule is CC.CC(C)(C)C1CCC2OC2C1. The van der Waals surface area contributed by atoms with E-state index in [1.807, 2.05) is 13.8 Å². The second-order valence-corrected chi connectivity index (χ2v) is 5.09. The lowest BCUT2D eigenvalue weighted by atomic mass is 9.72. The molecule has 1 heteroatoms. The number of rotatable bonds is 0. The Morgan fingerprint density at radius 2 is 1.62 bits per heavy atom. The summed E-state index contributed by atoms with van der Waals surface area (Å²) >= 11 is 0. The predicted octanol–water partition coefficient (Wildman–Crippen LogP) is 3.63. The molecular weight excluding hydrogens is 160 g/mol. The third-order valence-electron chi connectivity index (χ3n) is 3.23. The van der Waals surface area contributed by atoms with Crippen molar-refractivity contribution in [2.75, 3.05) is 0 Å². The van der Waals surface area contributed by atoms with Gasteiger partial charge in [0.1, 0.15) is 0 Å². The van der Waals surface area contributed by atoms with E-state index < -0.39 is 0 Å². The molecule has 1 heterocycles. The summed E-state index contributed by atoms with van der Waals surface area (Å²) in [4.78, 5) is 0. The molecule has 0 N–H and O–H groups in total. The van der Waals surface area contributed by atoms with Gasteiger partial charge in [-0.1, -0.05) is 34.6 Å². The smallest absolute Gasteiger partial charge is 0.0844 e. The minimum atomic E-state index is 0.497. The van der Waals surface area contributed by atoms with Gasteiger partial charge < -0.3 is 4.74 Å². The summed E-state index contributed by atoms with van der Waals surface area (Å²) in [6.07, 6.45) is 5.31. The summed E-state index contributed by atoms with van der Waals surface area (Å²) in [5.41, 5.74) is 0.497. The molecule has 1 aliphatic heterocycles. The van der Waals surface area contributed by atoms with Crippen LogP contribution in [0.1, 0.15) is 53.9 Å². The fraction of sp³-hybridized carbons (Fsp3) is 1.00. The lowest BCUT2D eigenvalue weighted by Gasteiger charge is -2.32. The summed E-state index contributed by atoms with van der Waals surface area (Å²) in [7, 11) is 0. The van der Waals surface area contributed by atoms with Crippen LogP contribution in [0.5, 0.6) is 0 Å². The minimum Gasteiger partial charge on any atom is -0.370 e. The molecule has 0 radical (unpaired) electrons. The van der Waals surface area contributed by atoms with Crippen LogP contribution < -0.4 is 0 Å². The molecular formula is C12H24O. The fourth-order valence-corrected chi connectivity index (χ4v) is 2.19. The van der Waals surface area contributed by atoms with Gasteiger partial charge in [0.2, 0.25) is 0 Å².